The van der Waals surface area contributed by atoms with Gasteiger partial charge in [-0.1, -0.05) is 6.92 Å². The molecule has 1 unspecified atom stereocenters. The van der Waals surface area contributed by atoms with Crippen LogP contribution in [-0.2, 0) is 11.8 Å². The lowest BCUT2D eigenvalue weighted by Gasteiger charge is -2.11. The van der Waals surface area contributed by atoms with Gasteiger partial charge in [-0.2, -0.15) is 5.10 Å². The number of nitrogens with zero attached hydrogens (tertiary/aromatic N) is 2. The normalized spacial score (nSPS) is 13.2. The fourth-order valence-electron chi connectivity index (χ4n) is 1.19. The Hall–Kier alpha value is -0.870. The summed E-state index contributed by atoms with van der Waals surface area (Å²) in [5, 5.41) is 4.05. The average molecular weight is 183 g/mol. The number of nitrogens with two attached hydrogens (primary N) is 1. The van der Waals surface area contributed by atoms with Crippen molar-refractivity contribution in [3.63, 3.8) is 0 Å². The highest BCUT2D eigenvalue weighted by Gasteiger charge is 2.08. The number of hydrogen-bond acceptors (Lipinski definition) is 3. The van der Waals surface area contributed by atoms with Gasteiger partial charge in [0.15, 0.2) is 0 Å². The number of hydrogen-bond donors (Lipinski definition) is 1. The lowest BCUT2D eigenvalue weighted by molar-refractivity contribution is 0.120. The zero-order valence-electron chi connectivity index (χ0n) is 8.23. The van der Waals surface area contributed by atoms with Gasteiger partial charge in [-0.25, -0.2) is 0 Å². The van der Waals surface area contributed by atoms with Crippen LogP contribution in [0.1, 0.15) is 25.1 Å². The Morgan fingerprint density at radius 1 is 1.69 bits per heavy atom. The molecule has 0 aliphatic heterocycles. The van der Waals surface area contributed by atoms with Gasteiger partial charge in [0, 0.05) is 19.9 Å². The van der Waals surface area contributed by atoms with E-state index in [4.69, 9.17) is 10.5 Å². The van der Waals surface area contributed by atoms with Gasteiger partial charge in [0.2, 0.25) is 0 Å². The number of rotatable bonds is 5. The molecule has 0 saturated heterocycles. The minimum atomic E-state index is -0.0703. The number of aryl methyl sites for hydroxylation is 1. The second kappa shape index (κ2) is 4.99. The molecule has 4 nitrogen and oxygen atoms in total. The molecule has 1 heterocycles. The average Bonchev–Trinajstić information content (AvgIpc) is 2.52. The lowest BCUT2D eigenvalue weighted by Crippen LogP contribution is -2.20. The number of ether oxygens (including phenoxy) is 1. The highest BCUT2D eigenvalue weighted by atomic mass is 16.5. The Morgan fingerprint density at radius 3 is 3.00 bits per heavy atom. The van der Waals surface area contributed by atoms with Crippen molar-refractivity contribution < 1.29 is 4.74 Å². The van der Waals surface area contributed by atoms with E-state index in [1.807, 2.05) is 13.1 Å². The minimum Gasteiger partial charge on any atom is -0.379 e. The first-order chi connectivity index (χ1) is 6.25. The van der Waals surface area contributed by atoms with Crippen LogP contribution in [0, 0.1) is 0 Å². The smallest absolute Gasteiger partial charge is 0.0704 e. The predicted molar refractivity (Wildman–Crippen MR) is 51.2 cm³/mol. The molecule has 2 N–H and O–H groups in total. The third-order valence-corrected chi connectivity index (χ3v) is 1.88. The van der Waals surface area contributed by atoms with E-state index in [9.17, 15) is 0 Å². The summed E-state index contributed by atoms with van der Waals surface area (Å²) in [7, 11) is 1.88. The molecule has 74 valence electrons. The molecule has 0 saturated carbocycles. The van der Waals surface area contributed by atoms with E-state index in [0.717, 1.165) is 18.7 Å². The van der Waals surface area contributed by atoms with Gasteiger partial charge in [0.1, 0.15) is 0 Å². The molecule has 0 spiro atoms. The molecule has 0 aliphatic rings. The van der Waals surface area contributed by atoms with Crippen molar-refractivity contribution in [3.05, 3.63) is 18.0 Å². The van der Waals surface area contributed by atoms with Gasteiger partial charge in [0.25, 0.3) is 0 Å². The standard InChI is InChI=1S/C9H17N3O/c1-3-6-13-7-8(10)9-4-5-11-12(9)2/h4-5,8H,3,6-7,10H2,1-2H3. The Kier molecular flexibility index (Phi) is 3.92. The molecule has 1 rings (SSSR count). The quantitative estimate of drug-likeness (QED) is 0.688. The van der Waals surface area contributed by atoms with Crippen LogP contribution in [0.2, 0.25) is 0 Å². The molecule has 0 fully saturated rings. The van der Waals surface area contributed by atoms with Crippen molar-refractivity contribution in [2.75, 3.05) is 13.2 Å². The van der Waals surface area contributed by atoms with Crippen molar-refractivity contribution in [2.45, 2.75) is 19.4 Å². The van der Waals surface area contributed by atoms with E-state index in [1.54, 1.807) is 10.9 Å². The fraction of sp³-hybridized carbons (Fsp3) is 0.667. The zero-order valence-corrected chi connectivity index (χ0v) is 8.23. The van der Waals surface area contributed by atoms with Crippen molar-refractivity contribution in [3.8, 4) is 0 Å². The fourth-order valence-corrected chi connectivity index (χ4v) is 1.19. The van der Waals surface area contributed by atoms with Crippen LogP contribution in [-0.4, -0.2) is 23.0 Å². The highest BCUT2D eigenvalue weighted by molar-refractivity contribution is 5.05. The monoisotopic (exact) mass is 183 g/mol. The molecule has 1 aromatic rings. The molecule has 0 aliphatic carbocycles. The molecule has 1 aromatic heterocycles. The van der Waals surface area contributed by atoms with Crippen molar-refractivity contribution >= 4 is 0 Å². The van der Waals surface area contributed by atoms with Crippen molar-refractivity contribution in [1.29, 1.82) is 0 Å². The molecule has 0 aromatic carbocycles. The molecule has 0 radical (unpaired) electrons. The van der Waals surface area contributed by atoms with Crippen LogP contribution in [0.3, 0.4) is 0 Å². The van der Waals surface area contributed by atoms with E-state index in [-0.39, 0.29) is 6.04 Å². The molecule has 1 atom stereocenters. The first kappa shape index (κ1) is 10.2. The van der Waals surface area contributed by atoms with E-state index in [0.29, 0.717) is 6.61 Å². The van der Waals surface area contributed by atoms with Crippen molar-refractivity contribution in [1.82, 2.24) is 9.78 Å². The summed E-state index contributed by atoms with van der Waals surface area (Å²) in [6.07, 6.45) is 2.77. The lowest BCUT2D eigenvalue weighted by atomic mass is 10.2. The summed E-state index contributed by atoms with van der Waals surface area (Å²) in [4.78, 5) is 0. The third kappa shape index (κ3) is 2.82. The largest absolute Gasteiger partial charge is 0.379 e. The van der Waals surface area contributed by atoms with Crippen LogP contribution in [0.25, 0.3) is 0 Å². The van der Waals surface area contributed by atoms with Gasteiger partial charge in [-0.05, 0) is 12.5 Å². The summed E-state index contributed by atoms with van der Waals surface area (Å²) in [6, 6.07) is 1.85. The van der Waals surface area contributed by atoms with Gasteiger partial charge in [0.05, 0.1) is 18.3 Å². The first-order valence-electron chi connectivity index (χ1n) is 4.57. The Morgan fingerprint density at radius 2 is 2.46 bits per heavy atom. The maximum Gasteiger partial charge on any atom is 0.0704 e. The predicted octanol–water partition coefficient (Wildman–Crippen LogP) is 0.846. The summed E-state index contributed by atoms with van der Waals surface area (Å²) in [5.41, 5.74) is 6.91. The van der Waals surface area contributed by atoms with Gasteiger partial charge < -0.3 is 10.5 Å². The van der Waals surface area contributed by atoms with Crippen LogP contribution >= 0.6 is 0 Å². The van der Waals surface area contributed by atoms with E-state index in [2.05, 4.69) is 12.0 Å². The van der Waals surface area contributed by atoms with Gasteiger partial charge in [-0.15, -0.1) is 0 Å². The molecular weight excluding hydrogens is 166 g/mol. The second-order valence-corrected chi connectivity index (χ2v) is 3.06. The Balaban J connectivity index is 2.39. The van der Waals surface area contributed by atoms with E-state index < -0.39 is 0 Å². The molecule has 13 heavy (non-hydrogen) atoms. The summed E-state index contributed by atoms with van der Waals surface area (Å²) < 4.78 is 7.14. The molecule has 0 bridgehead atoms. The van der Waals surface area contributed by atoms with Crippen LogP contribution in [0.15, 0.2) is 12.3 Å². The highest BCUT2D eigenvalue weighted by Crippen LogP contribution is 2.08. The van der Waals surface area contributed by atoms with Crippen LogP contribution in [0.5, 0.6) is 0 Å². The molecule has 0 amide bonds. The summed E-state index contributed by atoms with van der Waals surface area (Å²) >= 11 is 0. The Labute approximate surface area is 78.7 Å². The van der Waals surface area contributed by atoms with Crippen LogP contribution < -0.4 is 5.73 Å². The topological polar surface area (TPSA) is 53.1 Å². The second-order valence-electron chi connectivity index (χ2n) is 3.06. The minimum absolute atomic E-state index is 0.0703. The van der Waals surface area contributed by atoms with E-state index >= 15 is 0 Å². The number of aromatic nitrogens is 2. The third-order valence-electron chi connectivity index (χ3n) is 1.88. The van der Waals surface area contributed by atoms with Crippen LogP contribution in [0.4, 0.5) is 0 Å². The zero-order chi connectivity index (χ0) is 9.68. The molecule has 4 heteroatoms. The maximum atomic E-state index is 5.90. The first-order valence-corrected chi connectivity index (χ1v) is 4.57. The van der Waals surface area contributed by atoms with Gasteiger partial charge in [-0.3, -0.25) is 4.68 Å². The van der Waals surface area contributed by atoms with Gasteiger partial charge >= 0.3 is 0 Å². The SMILES string of the molecule is CCCOCC(N)c1ccnn1C. The maximum absolute atomic E-state index is 5.90. The summed E-state index contributed by atoms with van der Waals surface area (Å²) in [6.45, 7) is 3.41. The Bertz CT molecular complexity index is 247. The summed E-state index contributed by atoms with van der Waals surface area (Å²) in [5.74, 6) is 0. The van der Waals surface area contributed by atoms with Crippen molar-refractivity contribution in [2.24, 2.45) is 12.8 Å². The van der Waals surface area contributed by atoms with E-state index in [1.165, 1.54) is 0 Å². The molecular formula is C9H17N3O.